The highest BCUT2D eigenvalue weighted by Gasteiger charge is 2.20. The monoisotopic (exact) mass is 237 g/mol. The van der Waals surface area contributed by atoms with Crippen LogP contribution in [0.25, 0.3) is 0 Å². The molecule has 1 fully saturated rings. The maximum Gasteiger partial charge on any atom is 0.306 e. The van der Waals surface area contributed by atoms with Crippen molar-refractivity contribution in [3.63, 3.8) is 0 Å². The molecule has 2 N–H and O–H groups in total. The van der Waals surface area contributed by atoms with Crippen LogP contribution >= 0.6 is 0 Å². The summed E-state index contributed by atoms with van der Waals surface area (Å²) in [6.45, 7) is 3.76. The molecule has 0 aliphatic carbocycles. The summed E-state index contributed by atoms with van der Waals surface area (Å²) in [5.41, 5.74) is 1.03. The van der Waals surface area contributed by atoms with E-state index in [0.29, 0.717) is 12.5 Å². The van der Waals surface area contributed by atoms with Gasteiger partial charge in [0.15, 0.2) is 0 Å². The van der Waals surface area contributed by atoms with Gasteiger partial charge in [-0.15, -0.1) is 0 Å². The summed E-state index contributed by atoms with van der Waals surface area (Å²) in [4.78, 5) is 10.9. The second kappa shape index (κ2) is 5.31. The van der Waals surface area contributed by atoms with E-state index in [4.69, 9.17) is 5.11 Å². The van der Waals surface area contributed by atoms with Crippen LogP contribution in [0.4, 0.5) is 0 Å². The van der Waals surface area contributed by atoms with Crippen molar-refractivity contribution < 1.29 is 9.90 Å². The third kappa shape index (κ3) is 2.85. The second-order valence-corrected chi connectivity index (χ2v) is 4.69. The van der Waals surface area contributed by atoms with Gasteiger partial charge in [-0.3, -0.25) is 9.48 Å². The third-order valence-corrected chi connectivity index (χ3v) is 3.34. The Bertz CT molecular complexity index is 383. The minimum atomic E-state index is -0.747. The lowest BCUT2D eigenvalue weighted by Crippen LogP contribution is -2.31. The van der Waals surface area contributed by atoms with Gasteiger partial charge < -0.3 is 10.4 Å². The molecule has 2 rings (SSSR count). The van der Waals surface area contributed by atoms with Crippen LogP contribution in [0.2, 0.25) is 0 Å². The summed E-state index contributed by atoms with van der Waals surface area (Å²) in [5, 5.41) is 16.6. The lowest BCUT2D eigenvalue weighted by atomic mass is 10.0. The van der Waals surface area contributed by atoms with Crippen molar-refractivity contribution in [1.29, 1.82) is 0 Å². The Labute approximate surface area is 101 Å². The van der Waals surface area contributed by atoms with Crippen molar-refractivity contribution in [2.75, 3.05) is 13.1 Å². The van der Waals surface area contributed by atoms with E-state index in [9.17, 15) is 4.79 Å². The first-order valence-corrected chi connectivity index (χ1v) is 6.14. The summed E-state index contributed by atoms with van der Waals surface area (Å²) in [7, 11) is 0. The number of carboxylic acids is 1. The molecule has 0 amide bonds. The molecule has 0 aromatic carbocycles. The highest BCUT2D eigenvalue weighted by Crippen LogP contribution is 2.21. The SMILES string of the molecule is CC(Cc1ccnn1C1CCNCC1)C(=O)O. The molecule has 1 aromatic heterocycles. The minimum Gasteiger partial charge on any atom is -0.481 e. The zero-order valence-electron chi connectivity index (χ0n) is 10.1. The van der Waals surface area contributed by atoms with E-state index in [2.05, 4.69) is 10.4 Å². The standard InChI is InChI=1S/C12H19N3O2/c1-9(12(16)17)8-11-4-7-14-15(11)10-2-5-13-6-3-10/h4,7,9-10,13H,2-3,5-6,8H2,1H3,(H,16,17). The molecule has 5 heteroatoms. The van der Waals surface area contributed by atoms with Crippen LogP contribution in [0.5, 0.6) is 0 Å². The maximum atomic E-state index is 10.9. The van der Waals surface area contributed by atoms with Crippen LogP contribution in [0.3, 0.4) is 0 Å². The Morgan fingerprint density at radius 1 is 1.65 bits per heavy atom. The van der Waals surface area contributed by atoms with Crippen LogP contribution in [0.1, 0.15) is 31.5 Å². The molecular weight excluding hydrogens is 218 g/mol. The summed E-state index contributed by atoms with van der Waals surface area (Å²) >= 11 is 0. The van der Waals surface area contributed by atoms with Gasteiger partial charge in [0.25, 0.3) is 0 Å². The quantitative estimate of drug-likeness (QED) is 0.822. The van der Waals surface area contributed by atoms with E-state index < -0.39 is 5.97 Å². The van der Waals surface area contributed by atoms with Crippen LogP contribution in [0.15, 0.2) is 12.3 Å². The highest BCUT2D eigenvalue weighted by atomic mass is 16.4. The van der Waals surface area contributed by atoms with E-state index in [0.717, 1.165) is 31.6 Å². The molecule has 0 bridgehead atoms. The Kier molecular flexibility index (Phi) is 3.78. The molecule has 1 atom stereocenters. The molecule has 17 heavy (non-hydrogen) atoms. The fraction of sp³-hybridized carbons (Fsp3) is 0.667. The number of hydrogen-bond donors (Lipinski definition) is 2. The molecule has 2 heterocycles. The van der Waals surface area contributed by atoms with Gasteiger partial charge in [0.1, 0.15) is 0 Å². The van der Waals surface area contributed by atoms with Crippen LogP contribution < -0.4 is 5.32 Å². The molecule has 1 aliphatic rings. The molecule has 0 saturated carbocycles. The van der Waals surface area contributed by atoms with Crippen molar-refractivity contribution in [2.24, 2.45) is 5.92 Å². The molecule has 0 radical (unpaired) electrons. The molecule has 94 valence electrons. The first-order valence-electron chi connectivity index (χ1n) is 6.14. The molecule has 5 nitrogen and oxygen atoms in total. The zero-order valence-corrected chi connectivity index (χ0v) is 10.1. The highest BCUT2D eigenvalue weighted by molar-refractivity contribution is 5.69. The van der Waals surface area contributed by atoms with E-state index in [1.807, 2.05) is 10.7 Å². The number of piperidine rings is 1. The fourth-order valence-corrected chi connectivity index (χ4v) is 2.28. The van der Waals surface area contributed by atoms with Gasteiger partial charge in [0, 0.05) is 18.3 Å². The number of aromatic nitrogens is 2. The summed E-state index contributed by atoms with van der Waals surface area (Å²) < 4.78 is 2.01. The number of aliphatic carboxylic acids is 1. The summed E-state index contributed by atoms with van der Waals surface area (Å²) in [5.74, 6) is -1.10. The van der Waals surface area contributed by atoms with Crippen LogP contribution in [-0.2, 0) is 11.2 Å². The Hall–Kier alpha value is -1.36. The summed E-state index contributed by atoms with van der Waals surface area (Å²) in [6.07, 6.45) is 4.46. The average Bonchev–Trinajstić information content (AvgIpc) is 2.78. The summed E-state index contributed by atoms with van der Waals surface area (Å²) in [6, 6.07) is 2.35. The Morgan fingerprint density at radius 2 is 2.35 bits per heavy atom. The van der Waals surface area contributed by atoms with Crippen molar-refractivity contribution in [2.45, 2.75) is 32.2 Å². The minimum absolute atomic E-state index is 0.354. The van der Waals surface area contributed by atoms with Gasteiger partial charge in [-0.2, -0.15) is 5.10 Å². The van der Waals surface area contributed by atoms with Crippen molar-refractivity contribution in [3.05, 3.63) is 18.0 Å². The van der Waals surface area contributed by atoms with Crippen LogP contribution in [0, 0.1) is 5.92 Å². The topological polar surface area (TPSA) is 67.2 Å². The van der Waals surface area contributed by atoms with Gasteiger partial charge in [0.2, 0.25) is 0 Å². The first kappa shape index (κ1) is 12.1. The van der Waals surface area contributed by atoms with Crippen molar-refractivity contribution in [1.82, 2.24) is 15.1 Å². The van der Waals surface area contributed by atoms with E-state index in [1.54, 1.807) is 13.1 Å². The number of nitrogens with one attached hydrogen (secondary N) is 1. The predicted octanol–water partition coefficient (Wildman–Crippen LogP) is 1.07. The predicted molar refractivity (Wildman–Crippen MR) is 63.9 cm³/mol. The second-order valence-electron chi connectivity index (χ2n) is 4.69. The fourth-order valence-electron chi connectivity index (χ4n) is 2.28. The van der Waals surface area contributed by atoms with Gasteiger partial charge in [-0.1, -0.05) is 6.92 Å². The zero-order chi connectivity index (χ0) is 12.3. The lowest BCUT2D eigenvalue weighted by Gasteiger charge is -2.25. The number of rotatable bonds is 4. The molecule has 1 saturated heterocycles. The number of nitrogens with zero attached hydrogens (tertiary/aromatic N) is 2. The number of hydrogen-bond acceptors (Lipinski definition) is 3. The molecular formula is C12H19N3O2. The lowest BCUT2D eigenvalue weighted by molar-refractivity contribution is -0.141. The smallest absolute Gasteiger partial charge is 0.306 e. The number of carbonyl (C=O) groups is 1. The molecule has 1 aliphatic heterocycles. The molecule has 0 spiro atoms. The van der Waals surface area contributed by atoms with Crippen molar-refractivity contribution >= 4 is 5.97 Å². The average molecular weight is 237 g/mol. The molecule has 1 unspecified atom stereocenters. The van der Waals surface area contributed by atoms with Gasteiger partial charge in [-0.25, -0.2) is 0 Å². The van der Waals surface area contributed by atoms with Gasteiger partial charge in [0.05, 0.1) is 12.0 Å². The largest absolute Gasteiger partial charge is 0.481 e. The van der Waals surface area contributed by atoms with Crippen molar-refractivity contribution in [3.8, 4) is 0 Å². The van der Waals surface area contributed by atoms with Gasteiger partial charge >= 0.3 is 5.97 Å². The van der Waals surface area contributed by atoms with E-state index >= 15 is 0 Å². The maximum absolute atomic E-state index is 10.9. The van der Waals surface area contributed by atoms with E-state index in [-0.39, 0.29) is 5.92 Å². The Morgan fingerprint density at radius 3 is 3.00 bits per heavy atom. The normalized spacial score (nSPS) is 19.1. The van der Waals surface area contributed by atoms with E-state index in [1.165, 1.54) is 0 Å². The Balaban J connectivity index is 2.07. The van der Waals surface area contributed by atoms with Gasteiger partial charge in [-0.05, 0) is 32.0 Å². The van der Waals surface area contributed by atoms with Crippen LogP contribution in [-0.4, -0.2) is 33.9 Å². The number of carboxylic acid groups (broad SMARTS) is 1. The third-order valence-electron chi connectivity index (χ3n) is 3.34. The molecule has 1 aromatic rings. The first-order chi connectivity index (χ1) is 8.18.